The molecule has 0 aliphatic heterocycles. The zero-order valence-electron chi connectivity index (χ0n) is 12.6. The van der Waals surface area contributed by atoms with E-state index in [9.17, 15) is 13.2 Å². The zero-order chi connectivity index (χ0) is 16.7. The smallest absolute Gasteiger partial charge is 0.416 e. The third-order valence-corrected chi connectivity index (χ3v) is 3.20. The molecule has 2 aromatic carbocycles. The molecule has 2 aromatic rings. The molecule has 23 heavy (non-hydrogen) atoms. The Labute approximate surface area is 133 Å². The highest BCUT2D eigenvalue weighted by molar-refractivity contribution is 5.28. The highest BCUT2D eigenvalue weighted by atomic mass is 19.4. The van der Waals surface area contributed by atoms with Gasteiger partial charge in [0.1, 0.15) is 12.4 Å². The van der Waals surface area contributed by atoms with Gasteiger partial charge in [0.05, 0.1) is 5.56 Å². The third kappa shape index (κ3) is 5.45. The number of rotatable bonds is 7. The van der Waals surface area contributed by atoms with Crippen LogP contribution in [-0.4, -0.2) is 6.61 Å². The van der Waals surface area contributed by atoms with Crippen molar-refractivity contribution in [3.8, 4) is 5.75 Å². The van der Waals surface area contributed by atoms with E-state index in [-0.39, 0.29) is 0 Å². The standard InChI is InChI=1S/C18H18F3NO/c1-2-10-23-17-8-6-14(7-9-17)12-22-13-15-4-3-5-16(11-15)18(19,20)21/h2-9,11,22H,1,10,12-13H2. The Bertz CT molecular complexity index is 635. The van der Waals surface area contributed by atoms with Gasteiger partial charge in [-0.05, 0) is 29.3 Å². The molecule has 0 atom stereocenters. The first-order valence-electron chi connectivity index (χ1n) is 7.18. The van der Waals surface area contributed by atoms with Crippen molar-refractivity contribution in [1.29, 1.82) is 0 Å². The average Bonchev–Trinajstić information content (AvgIpc) is 2.54. The maximum Gasteiger partial charge on any atom is 0.416 e. The first-order valence-corrected chi connectivity index (χ1v) is 7.18. The lowest BCUT2D eigenvalue weighted by Crippen LogP contribution is -2.13. The summed E-state index contributed by atoms with van der Waals surface area (Å²) in [5, 5.41) is 3.13. The monoisotopic (exact) mass is 321 g/mol. The van der Waals surface area contributed by atoms with Crippen LogP contribution in [0.15, 0.2) is 61.2 Å². The molecule has 122 valence electrons. The van der Waals surface area contributed by atoms with Crippen molar-refractivity contribution in [3.05, 3.63) is 77.9 Å². The molecule has 1 N–H and O–H groups in total. The van der Waals surface area contributed by atoms with E-state index in [0.717, 1.165) is 17.4 Å². The molecule has 0 fully saturated rings. The van der Waals surface area contributed by atoms with Gasteiger partial charge in [-0.1, -0.05) is 43.0 Å². The lowest BCUT2D eigenvalue weighted by atomic mass is 10.1. The summed E-state index contributed by atoms with van der Waals surface area (Å²) < 4.78 is 43.3. The minimum absolute atomic E-state index is 0.374. The second kappa shape index (κ2) is 7.83. The second-order valence-electron chi connectivity index (χ2n) is 5.05. The van der Waals surface area contributed by atoms with Crippen molar-refractivity contribution in [3.63, 3.8) is 0 Å². The van der Waals surface area contributed by atoms with E-state index in [4.69, 9.17) is 4.74 Å². The second-order valence-corrected chi connectivity index (χ2v) is 5.05. The van der Waals surface area contributed by atoms with Gasteiger partial charge < -0.3 is 10.1 Å². The normalized spacial score (nSPS) is 11.3. The lowest BCUT2D eigenvalue weighted by Gasteiger charge is -2.10. The van der Waals surface area contributed by atoms with Crippen LogP contribution in [0.3, 0.4) is 0 Å². The summed E-state index contributed by atoms with van der Waals surface area (Å²) in [6, 6.07) is 12.9. The summed E-state index contributed by atoms with van der Waals surface area (Å²) in [7, 11) is 0. The Morgan fingerprint density at radius 2 is 1.70 bits per heavy atom. The maximum absolute atomic E-state index is 12.6. The van der Waals surface area contributed by atoms with E-state index in [1.807, 2.05) is 24.3 Å². The molecule has 2 nitrogen and oxygen atoms in total. The third-order valence-electron chi connectivity index (χ3n) is 3.20. The number of hydrogen-bond acceptors (Lipinski definition) is 2. The van der Waals surface area contributed by atoms with E-state index in [2.05, 4.69) is 11.9 Å². The molecule has 0 aromatic heterocycles. The van der Waals surface area contributed by atoms with Gasteiger partial charge in [0.25, 0.3) is 0 Å². The first-order chi connectivity index (χ1) is 11.0. The minimum atomic E-state index is -4.31. The van der Waals surface area contributed by atoms with E-state index in [1.54, 1.807) is 12.1 Å². The Morgan fingerprint density at radius 3 is 2.35 bits per heavy atom. The van der Waals surface area contributed by atoms with Crippen molar-refractivity contribution in [2.24, 2.45) is 0 Å². The average molecular weight is 321 g/mol. The van der Waals surface area contributed by atoms with Crippen molar-refractivity contribution in [1.82, 2.24) is 5.32 Å². The van der Waals surface area contributed by atoms with E-state index in [0.29, 0.717) is 25.3 Å². The highest BCUT2D eigenvalue weighted by Gasteiger charge is 2.30. The van der Waals surface area contributed by atoms with Crippen LogP contribution in [0.4, 0.5) is 13.2 Å². The molecule has 0 amide bonds. The number of alkyl halides is 3. The summed E-state index contributed by atoms with van der Waals surface area (Å²) in [4.78, 5) is 0. The molecular formula is C18H18F3NO. The van der Waals surface area contributed by atoms with Gasteiger partial charge >= 0.3 is 6.18 Å². The summed E-state index contributed by atoms with van der Waals surface area (Å²) >= 11 is 0. The Kier molecular flexibility index (Phi) is 5.82. The highest BCUT2D eigenvalue weighted by Crippen LogP contribution is 2.29. The number of nitrogens with one attached hydrogen (secondary N) is 1. The molecule has 0 spiro atoms. The largest absolute Gasteiger partial charge is 0.490 e. The zero-order valence-corrected chi connectivity index (χ0v) is 12.6. The van der Waals surface area contributed by atoms with E-state index < -0.39 is 11.7 Å². The van der Waals surface area contributed by atoms with Gasteiger partial charge in [0, 0.05) is 13.1 Å². The van der Waals surface area contributed by atoms with Crippen LogP contribution in [0.2, 0.25) is 0 Å². The van der Waals surface area contributed by atoms with Crippen LogP contribution < -0.4 is 10.1 Å². The topological polar surface area (TPSA) is 21.3 Å². The SMILES string of the molecule is C=CCOc1ccc(CNCc2cccc(C(F)(F)F)c2)cc1. The van der Waals surface area contributed by atoms with Crippen LogP contribution in [0.1, 0.15) is 16.7 Å². The van der Waals surface area contributed by atoms with Crippen LogP contribution in [0.25, 0.3) is 0 Å². The molecule has 0 aliphatic rings. The number of ether oxygens (including phenoxy) is 1. The van der Waals surface area contributed by atoms with Crippen LogP contribution in [-0.2, 0) is 19.3 Å². The molecule has 2 rings (SSSR count). The van der Waals surface area contributed by atoms with Crippen LogP contribution in [0, 0.1) is 0 Å². The van der Waals surface area contributed by atoms with E-state index >= 15 is 0 Å². The molecular weight excluding hydrogens is 303 g/mol. The van der Waals surface area contributed by atoms with Gasteiger partial charge in [-0.2, -0.15) is 13.2 Å². The number of hydrogen-bond donors (Lipinski definition) is 1. The Balaban J connectivity index is 1.86. The van der Waals surface area contributed by atoms with Crippen molar-refractivity contribution in [2.45, 2.75) is 19.3 Å². The fourth-order valence-corrected chi connectivity index (χ4v) is 2.07. The van der Waals surface area contributed by atoms with Gasteiger partial charge in [-0.3, -0.25) is 0 Å². The number of halogens is 3. The van der Waals surface area contributed by atoms with Gasteiger partial charge in [0.15, 0.2) is 0 Å². The Morgan fingerprint density at radius 1 is 1.00 bits per heavy atom. The van der Waals surface area contributed by atoms with Gasteiger partial charge in [-0.25, -0.2) is 0 Å². The Hall–Kier alpha value is -2.27. The molecule has 0 saturated carbocycles. The molecule has 0 saturated heterocycles. The minimum Gasteiger partial charge on any atom is -0.490 e. The molecule has 0 radical (unpaired) electrons. The van der Waals surface area contributed by atoms with Gasteiger partial charge in [-0.15, -0.1) is 0 Å². The predicted octanol–water partition coefficient (Wildman–Crippen LogP) is 4.56. The summed E-state index contributed by atoms with van der Waals surface area (Å²) in [5.74, 6) is 0.756. The van der Waals surface area contributed by atoms with E-state index in [1.165, 1.54) is 12.1 Å². The van der Waals surface area contributed by atoms with Crippen molar-refractivity contribution in [2.75, 3.05) is 6.61 Å². The van der Waals surface area contributed by atoms with Crippen molar-refractivity contribution >= 4 is 0 Å². The summed E-state index contributed by atoms with van der Waals surface area (Å²) in [6.07, 6.45) is -2.64. The fraction of sp³-hybridized carbons (Fsp3) is 0.222. The molecule has 5 heteroatoms. The van der Waals surface area contributed by atoms with Crippen LogP contribution >= 0.6 is 0 Å². The van der Waals surface area contributed by atoms with Gasteiger partial charge in [0.2, 0.25) is 0 Å². The lowest BCUT2D eigenvalue weighted by molar-refractivity contribution is -0.137. The molecule has 0 unspecified atom stereocenters. The van der Waals surface area contributed by atoms with Crippen molar-refractivity contribution < 1.29 is 17.9 Å². The quantitative estimate of drug-likeness (QED) is 0.755. The molecule has 0 heterocycles. The van der Waals surface area contributed by atoms with Crippen LogP contribution in [0.5, 0.6) is 5.75 Å². The summed E-state index contributed by atoms with van der Waals surface area (Å²) in [6.45, 7) is 4.97. The first kappa shape index (κ1) is 17.1. The predicted molar refractivity (Wildman–Crippen MR) is 84.1 cm³/mol. The number of benzene rings is 2. The maximum atomic E-state index is 12.6. The summed E-state index contributed by atoms with van der Waals surface area (Å²) in [5.41, 5.74) is 1.01. The fourth-order valence-electron chi connectivity index (χ4n) is 2.07. The molecule has 0 aliphatic carbocycles. The molecule has 0 bridgehead atoms.